The molecule has 0 heterocycles. The summed E-state index contributed by atoms with van der Waals surface area (Å²) < 4.78 is 0. The smallest absolute Gasteiger partial charge is 0.224 e. The zero-order chi connectivity index (χ0) is 10.9. The van der Waals surface area contributed by atoms with E-state index in [0.29, 0.717) is 12.1 Å². The number of hydrogen-bond acceptors (Lipinski definition) is 2. The lowest BCUT2D eigenvalue weighted by atomic mass is 10.1. The summed E-state index contributed by atoms with van der Waals surface area (Å²) in [5, 5.41) is 3.02. The second kappa shape index (κ2) is 3.57. The maximum absolute atomic E-state index is 11.6. The molecule has 1 saturated carbocycles. The summed E-state index contributed by atoms with van der Waals surface area (Å²) in [6, 6.07) is 7.46. The van der Waals surface area contributed by atoms with Crippen molar-refractivity contribution in [1.82, 2.24) is 5.32 Å². The first kappa shape index (κ1) is 10.0. The molecule has 0 atom stereocenters. The van der Waals surface area contributed by atoms with Crippen molar-refractivity contribution in [1.29, 1.82) is 0 Å². The van der Waals surface area contributed by atoms with Crippen LogP contribution in [0.4, 0.5) is 5.69 Å². The SMILES string of the molecule is CC1(NC(=O)Cc2cccc(N)c2)CC1. The van der Waals surface area contributed by atoms with Gasteiger partial charge in [-0.2, -0.15) is 0 Å². The summed E-state index contributed by atoms with van der Waals surface area (Å²) in [4.78, 5) is 11.6. The van der Waals surface area contributed by atoms with Crippen molar-refractivity contribution < 1.29 is 4.79 Å². The maximum atomic E-state index is 11.6. The van der Waals surface area contributed by atoms with Gasteiger partial charge in [0.15, 0.2) is 0 Å². The highest BCUT2D eigenvalue weighted by Gasteiger charge is 2.38. The molecule has 0 saturated heterocycles. The van der Waals surface area contributed by atoms with Crippen LogP contribution in [0.3, 0.4) is 0 Å². The third kappa shape index (κ3) is 2.72. The summed E-state index contributed by atoms with van der Waals surface area (Å²) in [5.74, 6) is 0.0839. The van der Waals surface area contributed by atoms with Crippen LogP contribution >= 0.6 is 0 Å². The molecule has 1 aliphatic carbocycles. The molecule has 3 N–H and O–H groups in total. The third-order valence-corrected chi connectivity index (χ3v) is 2.76. The highest BCUT2D eigenvalue weighted by Crippen LogP contribution is 2.34. The topological polar surface area (TPSA) is 55.1 Å². The lowest BCUT2D eigenvalue weighted by Gasteiger charge is -2.11. The van der Waals surface area contributed by atoms with E-state index in [2.05, 4.69) is 12.2 Å². The Hall–Kier alpha value is -1.51. The number of amides is 1. The Morgan fingerprint density at radius 2 is 2.27 bits per heavy atom. The van der Waals surface area contributed by atoms with Crippen molar-refractivity contribution >= 4 is 11.6 Å². The average Bonchev–Trinajstić information content (AvgIpc) is 2.82. The lowest BCUT2D eigenvalue weighted by molar-refractivity contribution is -0.121. The van der Waals surface area contributed by atoms with Crippen LogP contribution in [0, 0.1) is 0 Å². The summed E-state index contributed by atoms with van der Waals surface area (Å²) >= 11 is 0. The van der Waals surface area contributed by atoms with Gasteiger partial charge in [0.2, 0.25) is 5.91 Å². The average molecular weight is 204 g/mol. The highest BCUT2D eigenvalue weighted by atomic mass is 16.1. The second-order valence-electron chi connectivity index (χ2n) is 4.53. The number of anilines is 1. The number of rotatable bonds is 3. The molecule has 1 aliphatic rings. The molecule has 0 bridgehead atoms. The number of benzene rings is 1. The van der Waals surface area contributed by atoms with Gasteiger partial charge in [0.25, 0.3) is 0 Å². The minimum Gasteiger partial charge on any atom is -0.399 e. The van der Waals surface area contributed by atoms with Gasteiger partial charge in [-0.25, -0.2) is 0 Å². The third-order valence-electron chi connectivity index (χ3n) is 2.76. The molecule has 2 rings (SSSR count). The number of nitrogen functional groups attached to an aromatic ring is 1. The van der Waals surface area contributed by atoms with Crippen LogP contribution < -0.4 is 11.1 Å². The van der Waals surface area contributed by atoms with Crippen molar-refractivity contribution in [3.05, 3.63) is 29.8 Å². The lowest BCUT2D eigenvalue weighted by Crippen LogP contribution is -2.35. The van der Waals surface area contributed by atoms with Gasteiger partial charge in [-0.05, 0) is 37.5 Å². The van der Waals surface area contributed by atoms with Gasteiger partial charge in [0.1, 0.15) is 0 Å². The van der Waals surface area contributed by atoms with Crippen molar-refractivity contribution in [2.45, 2.75) is 31.7 Å². The van der Waals surface area contributed by atoms with Crippen LogP contribution in [0.2, 0.25) is 0 Å². The first-order valence-corrected chi connectivity index (χ1v) is 5.23. The van der Waals surface area contributed by atoms with Crippen molar-refractivity contribution in [2.24, 2.45) is 0 Å². The summed E-state index contributed by atoms with van der Waals surface area (Å²) in [7, 11) is 0. The Bertz CT molecular complexity index is 383. The van der Waals surface area contributed by atoms with Crippen molar-refractivity contribution in [3.8, 4) is 0 Å². The summed E-state index contributed by atoms with van der Waals surface area (Å²) in [6.45, 7) is 2.07. The molecule has 0 aliphatic heterocycles. The quantitative estimate of drug-likeness (QED) is 0.733. The summed E-state index contributed by atoms with van der Waals surface area (Å²) in [6.07, 6.45) is 2.60. The Morgan fingerprint density at radius 3 is 2.87 bits per heavy atom. The predicted molar refractivity (Wildman–Crippen MR) is 60.3 cm³/mol. The van der Waals surface area contributed by atoms with Gasteiger partial charge in [0, 0.05) is 11.2 Å². The molecule has 0 radical (unpaired) electrons. The molecule has 80 valence electrons. The fraction of sp³-hybridized carbons (Fsp3) is 0.417. The first-order chi connectivity index (χ1) is 7.07. The van der Waals surface area contributed by atoms with Crippen LogP contribution in [0.15, 0.2) is 24.3 Å². The largest absolute Gasteiger partial charge is 0.399 e. The zero-order valence-corrected chi connectivity index (χ0v) is 8.92. The van der Waals surface area contributed by atoms with Gasteiger partial charge < -0.3 is 11.1 Å². The number of carbonyl (C=O) groups excluding carboxylic acids is 1. The Balaban J connectivity index is 1.93. The Labute approximate surface area is 89.7 Å². The predicted octanol–water partition coefficient (Wildman–Crippen LogP) is 1.48. The van der Waals surface area contributed by atoms with E-state index in [0.717, 1.165) is 18.4 Å². The second-order valence-corrected chi connectivity index (χ2v) is 4.53. The monoisotopic (exact) mass is 204 g/mol. The van der Waals surface area contributed by atoms with Crippen LogP contribution in [0.1, 0.15) is 25.3 Å². The number of nitrogens with two attached hydrogens (primary N) is 1. The Morgan fingerprint density at radius 1 is 1.53 bits per heavy atom. The molecule has 0 aromatic heterocycles. The molecule has 1 fully saturated rings. The standard InChI is InChI=1S/C12H16N2O/c1-12(5-6-12)14-11(15)8-9-3-2-4-10(13)7-9/h2-4,7H,5-6,8,13H2,1H3,(H,14,15). The molecule has 3 nitrogen and oxygen atoms in total. The fourth-order valence-corrected chi connectivity index (χ4v) is 1.58. The van der Waals surface area contributed by atoms with Gasteiger partial charge >= 0.3 is 0 Å². The zero-order valence-electron chi connectivity index (χ0n) is 8.92. The van der Waals surface area contributed by atoms with E-state index in [1.807, 2.05) is 24.3 Å². The molecule has 1 aromatic rings. The van der Waals surface area contributed by atoms with E-state index >= 15 is 0 Å². The van der Waals surface area contributed by atoms with Crippen molar-refractivity contribution in [2.75, 3.05) is 5.73 Å². The highest BCUT2D eigenvalue weighted by molar-refractivity contribution is 5.80. The first-order valence-electron chi connectivity index (χ1n) is 5.23. The van der Waals surface area contributed by atoms with Crippen LogP contribution in [-0.2, 0) is 11.2 Å². The minimum atomic E-state index is 0.0669. The molecular formula is C12H16N2O. The number of nitrogens with one attached hydrogen (secondary N) is 1. The molecular weight excluding hydrogens is 188 g/mol. The normalized spacial score (nSPS) is 17.1. The van der Waals surface area contributed by atoms with Crippen LogP contribution in [0.25, 0.3) is 0 Å². The Kier molecular flexibility index (Phi) is 2.39. The molecule has 0 unspecified atom stereocenters. The van der Waals surface area contributed by atoms with E-state index in [1.54, 1.807) is 0 Å². The molecule has 15 heavy (non-hydrogen) atoms. The molecule has 3 heteroatoms. The molecule has 1 amide bonds. The number of carbonyl (C=O) groups is 1. The van der Waals surface area contributed by atoms with E-state index < -0.39 is 0 Å². The molecule has 0 spiro atoms. The van der Waals surface area contributed by atoms with E-state index in [1.165, 1.54) is 0 Å². The van der Waals surface area contributed by atoms with Gasteiger partial charge in [-0.1, -0.05) is 12.1 Å². The van der Waals surface area contributed by atoms with E-state index in [9.17, 15) is 4.79 Å². The fourth-order valence-electron chi connectivity index (χ4n) is 1.58. The van der Waals surface area contributed by atoms with Crippen molar-refractivity contribution in [3.63, 3.8) is 0 Å². The van der Waals surface area contributed by atoms with E-state index in [-0.39, 0.29) is 11.4 Å². The van der Waals surface area contributed by atoms with Crippen LogP contribution in [0.5, 0.6) is 0 Å². The minimum absolute atomic E-state index is 0.0669. The molecule has 1 aromatic carbocycles. The number of hydrogen-bond donors (Lipinski definition) is 2. The van der Waals surface area contributed by atoms with Gasteiger partial charge in [-0.15, -0.1) is 0 Å². The van der Waals surface area contributed by atoms with Crippen LogP contribution in [-0.4, -0.2) is 11.4 Å². The maximum Gasteiger partial charge on any atom is 0.224 e. The van der Waals surface area contributed by atoms with Gasteiger partial charge in [0.05, 0.1) is 6.42 Å². The summed E-state index contributed by atoms with van der Waals surface area (Å²) in [5.41, 5.74) is 7.38. The van der Waals surface area contributed by atoms with Gasteiger partial charge in [-0.3, -0.25) is 4.79 Å². The van der Waals surface area contributed by atoms with E-state index in [4.69, 9.17) is 5.73 Å².